The predicted molar refractivity (Wildman–Crippen MR) is 77.7 cm³/mol. The molecule has 0 bridgehead atoms. The van der Waals surface area contributed by atoms with Crippen molar-refractivity contribution in [3.63, 3.8) is 0 Å². The van der Waals surface area contributed by atoms with E-state index >= 15 is 0 Å². The van der Waals surface area contributed by atoms with E-state index < -0.39 is 11.3 Å². The first-order valence-electron chi connectivity index (χ1n) is 6.99. The highest BCUT2D eigenvalue weighted by atomic mass is 16.2. The Labute approximate surface area is 116 Å². The molecule has 19 heavy (non-hydrogen) atoms. The summed E-state index contributed by atoms with van der Waals surface area (Å²) in [6, 6.07) is -0.109. The second-order valence-electron chi connectivity index (χ2n) is 6.30. The van der Waals surface area contributed by atoms with E-state index in [1.807, 2.05) is 6.92 Å². The van der Waals surface area contributed by atoms with Crippen molar-refractivity contribution < 1.29 is 9.59 Å². The highest BCUT2D eigenvalue weighted by molar-refractivity contribution is 5.81. The minimum absolute atomic E-state index is 0.135. The molecule has 3 amide bonds. The number of hydrogen-bond acceptors (Lipinski definition) is 2. The van der Waals surface area contributed by atoms with E-state index in [4.69, 9.17) is 5.73 Å². The zero-order valence-electron chi connectivity index (χ0n) is 12.9. The number of urea groups is 1. The molecule has 0 spiro atoms. The van der Waals surface area contributed by atoms with Crippen molar-refractivity contribution in [3.8, 4) is 0 Å². The SMILES string of the molecule is CC(C)CCCC(C)NC(=O)NCC(C)(C)C(N)=O. The Hall–Kier alpha value is -1.26. The first kappa shape index (κ1) is 17.7. The Balaban J connectivity index is 3.88. The Kier molecular flexibility index (Phi) is 7.49. The number of amides is 3. The van der Waals surface area contributed by atoms with Gasteiger partial charge in [-0.05, 0) is 33.1 Å². The van der Waals surface area contributed by atoms with Gasteiger partial charge >= 0.3 is 6.03 Å². The quantitative estimate of drug-likeness (QED) is 0.631. The third-order valence-corrected chi connectivity index (χ3v) is 3.15. The number of carbonyl (C=O) groups is 2. The number of primary amides is 1. The summed E-state index contributed by atoms with van der Waals surface area (Å²) in [6.45, 7) is 10.0. The van der Waals surface area contributed by atoms with Gasteiger partial charge in [0, 0.05) is 12.6 Å². The number of carbonyl (C=O) groups excluding carboxylic acids is 2. The molecule has 0 aliphatic rings. The van der Waals surface area contributed by atoms with Gasteiger partial charge in [-0.25, -0.2) is 4.79 Å². The molecule has 0 fully saturated rings. The second kappa shape index (κ2) is 8.02. The van der Waals surface area contributed by atoms with Crippen LogP contribution in [0.2, 0.25) is 0 Å². The van der Waals surface area contributed by atoms with Gasteiger partial charge in [-0.15, -0.1) is 0 Å². The molecule has 0 aromatic heterocycles. The van der Waals surface area contributed by atoms with Crippen molar-refractivity contribution in [2.75, 3.05) is 6.54 Å². The van der Waals surface area contributed by atoms with Gasteiger partial charge in [0.25, 0.3) is 0 Å². The fourth-order valence-corrected chi connectivity index (χ4v) is 1.57. The van der Waals surface area contributed by atoms with Crippen LogP contribution in [0, 0.1) is 11.3 Å². The fourth-order valence-electron chi connectivity index (χ4n) is 1.57. The highest BCUT2D eigenvalue weighted by Crippen LogP contribution is 2.11. The molecular formula is C14H29N3O2. The maximum atomic E-state index is 11.6. The van der Waals surface area contributed by atoms with Gasteiger partial charge < -0.3 is 16.4 Å². The molecule has 4 N–H and O–H groups in total. The Bertz CT molecular complexity index is 301. The molecule has 0 aromatic carbocycles. The van der Waals surface area contributed by atoms with Crippen LogP contribution in [-0.4, -0.2) is 24.5 Å². The molecule has 0 aliphatic carbocycles. The molecule has 5 nitrogen and oxygen atoms in total. The Morgan fingerprint density at radius 3 is 2.21 bits per heavy atom. The summed E-state index contributed by atoms with van der Waals surface area (Å²) in [5.74, 6) is 0.273. The number of rotatable bonds is 8. The molecule has 112 valence electrons. The maximum absolute atomic E-state index is 11.6. The smallest absolute Gasteiger partial charge is 0.315 e. The van der Waals surface area contributed by atoms with Crippen LogP contribution in [0.1, 0.15) is 53.9 Å². The van der Waals surface area contributed by atoms with Gasteiger partial charge in [0.1, 0.15) is 0 Å². The van der Waals surface area contributed by atoms with E-state index in [0.29, 0.717) is 5.92 Å². The van der Waals surface area contributed by atoms with Crippen LogP contribution in [-0.2, 0) is 4.79 Å². The lowest BCUT2D eigenvalue weighted by Gasteiger charge is -2.22. The van der Waals surface area contributed by atoms with Crippen LogP contribution in [0.25, 0.3) is 0 Å². The van der Waals surface area contributed by atoms with Gasteiger partial charge in [0.15, 0.2) is 0 Å². The van der Waals surface area contributed by atoms with Gasteiger partial charge in [-0.3, -0.25) is 4.79 Å². The van der Waals surface area contributed by atoms with Gasteiger partial charge in [-0.1, -0.05) is 26.7 Å². The molecule has 0 rings (SSSR count). The van der Waals surface area contributed by atoms with Crippen LogP contribution in [0.15, 0.2) is 0 Å². The lowest BCUT2D eigenvalue weighted by atomic mass is 9.93. The molecule has 0 aliphatic heterocycles. The average Bonchev–Trinajstić information content (AvgIpc) is 2.25. The summed E-state index contributed by atoms with van der Waals surface area (Å²) >= 11 is 0. The van der Waals surface area contributed by atoms with Crippen molar-refractivity contribution in [2.45, 2.75) is 59.9 Å². The molecule has 5 heteroatoms. The van der Waals surface area contributed by atoms with Crippen molar-refractivity contribution in [3.05, 3.63) is 0 Å². The van der Waals surface area contributed by atoms with Gasteiger partial charge in [0.05, 0.1) is 5.41 Å². The van der Waals surface area contributed by atoms with E-state index in [-0.39, 0.29) is 18.6 Å². The van der Waals surface area contributed by atoms with Gasteiger partial charge in [-0.2, -0.15) is 0 Å². The van der Waals surface area contributed by atoms with Crippen LogP contribution in [0.3, 0.4) is 0 Å². The Morgan fingerprint density at radius 2 is 1.74 bits per heavy atom. The van der Waals surface area contributed by atoms with Crippen molar-refractivity contribution in [2.24, 2.45) is 17.1 Å². The zero-order chi connectivity index (χ0) is 15.1. The summed E-state index contributed by atoms with van der Waals surface area (Å²) in [6.07, 6.45) is 3.24. The lowest BCUT2D eigenvalue weighted by molar-refractivity contribution is -0.125. The lowest BCUT2D eigenvalue weighted by Crippen LogP contribution is -2.47. The minimum Gasteiger partial charge on any atom is -0.369 e. The first-order valence-corrected chi connectivity index (χ1v) is 6.99. The second-order valence-corrected chi connectivity index (χ2v) is 6.30. The molecule has 0 aromatic rings. The topological polar surface area (TPSA) is 84.2 Å². The Morgan fingerprint density at radius 1 is 1.16 bits per heavy atom. The predicted octanol–water partition coefficient (Wildman–Crippen LogP) is 2.01. The molecular weight excluding hydrogens is 242 g/mol. The molecule has 0 saturated heterocycles. The monoisotopic (exact) mass is 271 g/mol. The van der Waals surface area contributed by atoms with Crippen molar-refractivity contribution >= 4 is 11.9 Å². The molecule has 0 radical (unpaired) electrons. The van der Waals surface area contributed by atoms with E-state index in [0.717, 1.165) is 12.8 Å². The molecule has 0 saturated carbocycles. The number of nitrogens with one attached hydrogen (secondary N) is 2. The molecule has 1 unspecified atom stereocenters. The van der Waals surface area contributed by atoms with E-state index in [1.54, 1.807) is 13.8 Å². The summed E-state index contributed by atoms with van der Waals surface area (Å²) in [5, 5.41) is 5.55. The summed E-state index contributed by atoms with van der Waals surface area (Å²) in [4.78, 5) is 22.8. The average molecular weight is 271 g/mol. The highest BCUT2D eigenvalue weighted by Gasteiger charge is 2.25. The summed E-state index contributed by atoms with van der Waals surface area (Å²) in [5.41, 5.74) is 4.52. The zero-order valence-corrected chi connectivity index (χ0v) is 12.9. The fraction of sp³-hybridized carbons (Fsp3) is 0.857. The summed E-state index contributed by atoms with van der Waals surface area (Å²) < 4.78 is 0. The van der Waals surface area contributed by atoms with Crippen LogP contribution in [0.4, 0.5) is 4.79 Å². The molecule has 0 heterocycles. The van der Waals surface area contributed by atoms with E-state index in [2.05, 4.69) is 24.5 Å². The third-order valence-electron chi connectivity index (χ3n) is 3.15. The largest absolute Gasteiger partial charge is 0.369 e. The van der Waals surface area contributed by atoms with Crippen molar-refractivity contribution in [1.29, 1.82) is 0 Å². The normalized spacial score (nSPS) is 13.2. The van der Waals surface area contributed by atoms with Gasteiger partial charge in [0.2, 0.25) is 5.91 Å². The maximum Gasteiger partial charge on any atom is 0.315 e. The van der Waals surface area contributed by atoms with Crippen LogP contribution >= 0.6 is 0 Å². The first-order chi connectivity index (χ1) is 8.65. The summed E-state index contributed by atoms with van der Waals surface area (Å²) in [7, 11) is 0. The molecule has 1 atom stereocenters. The van der Waals surface area contributed by atoms with E-state index in [1.165, 1.54) is 6.42 Å². The standard InChI is InChI=1S/C14H29N3O2/c1-10(2)7-6-8-11(3)17-13(19)16-9-14(4,5)12(15)18/h10-11H,6-9H2,1-5H3,(H2,15,18)(H2,16,17,19). The third kappa shape index (κ3) is 8.46. The van der Waals surface area contributed by atoms with Crippen LogP contribution in [0.5, 0.6) is 0 Å². The number of hydrogen-bond donors (Lipinski definition) is 3. The number of nitrogens with two attached hydrogens (primary N) is 1. The minimum atomic E-state index is -0.724. The van der Waals surface area contributed by atoms with Crippen molar-refractivity contribution in [1.82, 2.24) is 10.6 Å². The van der Waals surface area contributed by atoms with E-state index in [9.17, 15) is 9.59 Å². The van der Waals surface area contributed by atoms with Crippen LogP contribution < -0.4 is 16.4 Å².